The van der Waals surface area contributed by atoms with E-state index in [9.17, 15) is 45.3 Å². The first-order chi connectivity index (χ1) is 21.0. The fraction of sp³-hybridized carbons (Fsp3) is 0.0303. The maximum absolute atomic E-state index is 13.3. The molecule has 2 aromatic heterocycles. The van der Waals surface area contributed by atoms with E-state index < -0.39 is 28.7 Å². The summed E-state index contributed by atoms with van der Waals surface area (Å²) in [4.78, 5) is 26.6. The van der Waals surface area contributed by atoms with Crippen LogP contribution in [0, 0.1) is 0 Å². The van der Waals surface area contributed by atoms with Crippen LogP contribution in [0.1, 0.15) is 45.3 Å². The molecule has 0 amide bonds. The summed E-state index contributed by atoms with van der Waals surface area (Å²) in [5.74, 6) is -4.13. The highest BCUT2D eigenvalue weighted by molar-refractivity contribution is 5.71. The van der Waals surface area contributed by atoms with Crippen molar-refractivity contribution in [3.05, 3.63) is 133 Å². The van der Waals surface area contributed by atoms with Gasteiger partial charge in [-0.15, -0.1) is 0 Å². The molecular formula is C33H24O11. The van der Waals surface area contributed by atoms with Crippen LogP contribution >= 0.6 is 0 Å². The van der Waals surface area contributed by atoms with Gasteiger partial charge >= 0.3 is 11.3 Å². The van der Waals surface area contributed by atoms with Crippen molar-refractivity contribution in [2.24, 2.45) is 0 Å². The number of hydrogen-bond donors (Lipinski definition) is 7. The maximum Gasteiger partial charge on any atom is 0.344 e. The van der Waals surface area contributed by atoms with Crippen LogP contribution in [0.15, 0.2) is 91.2 Å². The first-order valence-electron chi connectivity index (χ1n) is 12.9. The lowest BCUT2D eigenvalue weighted by molar-refractivity contribution is 0.403. The van der Waals surface area contributed by atoms with Gasteiger partial charge in [0.05, 0.1) is 17.0 Å². The summed E-state index contributed by atoms with van der Waals surface area (Å²) < 4.78 is 10.8. The third-order valence-electron chi connectivity index (χ3n) is 6.65. The monoisotopic (exact) mass is 596 g/mol. The van der Waals surface area contributed by atoms with Gasteiger partial charge in [0.2, 0.25) is 0 Å². The Kier molecular flexibility index (Phi) is 7.86. The van der Waals surface area contributed by atoms with Gasteiger partial charge in [-0.3, -0.25) is 0 Å². The van der Waals surface area contributed by atoms with Gasteiger partial charge in [-0.25, -0.2) is 9.59 Å². The number of rotatable bonds is 7. The Morgan fingerprint density at radius 1 is 0.477 bits per heavy atom. The predicted molar refractivity (Wildman–Crippen MR) is 160 cm³/mol. The summed E-state index contributed by atoms with van der Waals surface area (Å²) in [6, 6.07) is 15.7. The molecule has 0 radical (unpaired) electrons. The molecule has 0 fully saturated rings. The average molecular weight is 597 g/mol. The van der Waals surface area contributed by atoms with Gasteiger partial charge in [0.1, 0.15) is 28.8 Å². The van der Waals surface area contributed by atoms with Crippen molar-refractivity contribution >= 4 is 24.3 Å². The Morgan fingerprint density at radius 2 is 0.909 bits per heavy atom. The second kappa shape index (κ2) is 11.9. The van der Waals surface area contributed by atoms with E-state index >= 15 is 0 Å². The summed E-state index contributed by atoms with van der Waals surface area (Å²) in [6.45, 7) is 0. The van der Waals surface area contributed by atoms with Crippen LogP contribution in [0.25, 0.3) is 24.3 Å². The van der Waals surface area contributed by atoms with Crippen molar-refractivity contribution in [2.45, 2.75) is 5.92 Å². The molecule has 11 heteroatoms. The smallest absolute Gasteiger partial charge is 0.344 e. The molecule has 0 aliphatic heterocycles. The maximum atomic E-state index is 13.3. The van der Waals surface area contributed by atoms with Gasteiger partial charge in [-0.05, 0) is 65.2 Å². The van der Waals surface area contributed by atoms with Crippen molar-refractivity contribution in [1.82, 2.24) is 0 Å². The van der Waals surface area contributed by atoms with Crippen molar-refractivity contribution in [3.63, 3.8) is 0 Å². The van der Waals surface area contributed by atoms with Crippen molar-refractivity contribution in [2.75, 3.05) is 0 Å². The van der Waals surface area contributed by atoms with Gasteiger partial charge in [0.15, 0.2) is 23.0 Å². The van der Waals surface area contributed by atoms with Crippen molar-refractivity contribution in [1.29, 1.82) is 0 Å². The molecule has 2 heterocycles. The van der Waals surface area contributed by atoms with Gasteiger partial charge in [0, 0.05) is 12.1 Å². The largest absolute Gasteiger partial charge is 0.508 e. The lowest BCUT2D eigenvalue weighted by Gasteiger charge is -2.18. The van der Waals surface area contributed by atoms with E-state index in [1.165, 1.54) is 85.0 Å². The second-order valence-electron chi connectivity index (χ2n) is 9.66. The normalized spacial score (nSPS) is 12.2. The van der Waals surface area contributed by atoms with Gasteiger partial charge in [-0.2, -0.15) is 0 Å². The number of hydrogen-bond acceptors (Lipinski definition) is 11. The molecule has 0 aliphatic carbocycles. The Morgan fingerprint density at radius 3 is 1.30 bits per heavy atom. The Hall–Kier alpha value is -6.36. The standard InChI is InChI=1S/C33H24O11/c34-20-7-5-19(6-8-20)29(30-27(39)15-21(43-32(30)41)9-1-17-3-11-23(35)25(37)13-17)31-28(40)16-22(44-33(31)42)10-2-18-4-12-24(36)26(38)14-18/h1-16,29,34-40H. The SMILES string of the molecule is O=c1oc(C=Cc2ccc(O)c(O)c2)cc(O)c1C(c1ccc(O)cc1)c1c(O)cc(C=Cc2ccc(O)c(O)c2)oc1=O. The van der Waals surface area contributed by atoms with E-state index in [4.69, 9.17) is 8.83 Å². The first kappa shape index (κ1) is 29.1. The molecular weight excluding hydrogens is 572 g/mol. The van der Waals surface area contributed by atoms with Crippen LogP contribution in [0.3, 0.4) is 0 Å². The zero-order chi connectivity index (χ0) is 31.5. The highest BCUT2D eigenvalue weighted by Crippen LogP contribution is 2.38. The quantitative estimate of drug-likeness (QED) is 0.124. The summed E-state index contributed by atoms with van der Waals surface area (Å²) in [5, 5.41) is 70.2. The Balaban J connectivity index is 1.57. The van der Waals surface area contributed by atoms with Crippen LogP contribution in [0.4, 0.5) is 0 Å². The van der Waals surface area contributed by atoms with E-state index in [1.54, 1.807) is 0 Å². The molecule has 5 aromatic rings. The first-order valence-corrected chi connectivity index (χ1v) is 12.9. The minimum Gasteiger partial charge on any atom is -0.508 e. The van der Waals surface area contributed by atoms with E-state index in [0.29, 0.717) is 11.1 Å². The van der Waals surface area contributed by atoms with Crippen molar-refractivity contribution < 1.29 is 44.6 Å². The lowest BCUT2D eigenvalue weighted by atomic mass is 9.85. The fourth-order valence-electron chi connectivity index (χ4n) is 4.50. The molecule has 0 bridgehead atoms. The molecule has 222 valence electrons. The summed E-state index contributed by atoms with van der Waals surface area (Å²) in [7, 11) is 0. The number of benzene rings is 3. The molecule has 0 saturated heterocycles. The highest BCUT2D eigenvalue weighted by atomic mass is 16.4. The van der Waals surface area contributed by atoms with E-state index in [2.05, 4.69) is 0 Å². The zero-order valence-electron chi connectivity index (χ0n) is 22.6. The third-order valence-corrected chi connectivity index (χ3v) is 6.65. The fourth-order valence-corrected chi connectivity index (χ4v) is 4.50. The molecule has 11 nitrogen and oxygen atoms in total. The lowest BCUT2D eigenvalue weighted by Crippen LogP contribution is -2.21. The minimum absolute atomic E-state index is 0.0784. The van der Waals surface area contributed by atoms with Crippen LogP contribution in [-0.2, 0) is 0 Å². The van der Waals surface area contributed by atoms with Crippen LogP contribution in [-0.4, -0.2) is 35.7 Å². The van der Waals surface area contributed by atoms with Crippen molar-refractivity contribution in [3.8, 4) is 40.2 Å². The van der Waals surface area contributed by atoms with E-state index in [-0.39, 0.29) is 57.0 Å². The Labute approximate surface area is 248 Å². The third kappa shape index (κ3) is 6.11. The Bertz CT molecular complexity index is 1910. The molecule has 0 unspecified atom stereocenters. The van der Waals surface area contributed by atoms with Gasteiger partial charge in [-0.1, -0.05) is 36.4 Å². The second-order valence-corrected chi connectivity index (χ2v) is 9.66. The van der Waals surface area contributed by atoms with Gasteiger partial charge in [0.25, 0.3) is 0 Å². The molecule has 0 atom stereocenters. The van der Waals surface area contributed by atoms with Crippen LogP contribution < -0.4 is 11.3 Å². The summed E-state index contributed by atoms with van der Waals surface area (Å²) >= 11 is 0. The molecule has 3 aromatic carbocycles. The highest BCUT2D eigenvalue weighted by Gasteiger charge is 2.31. The minimum atomic E-state index is -1.39. The summed E-state index contributed by atoms with van der Waals surface area (Å²) in [5.41, 5.74) is -1.71. The molecule has 44 heavy (non-hydrogen) atoms. The molecule has 5 rings (SSSR count). The summed E-state index contributed by atoms with van der Waals surface area (Å²) in [6.07, 6.45) is 5.60. The molecule has 7 N–H and O–H groups in total. The molecule has 0 aliphatic rings. The topological polar surface area (TPSA) is 202 Å². The number of phenolic OH excluding ortho intramolecular Hbond substituents is 5. The zero-order valence-corrected chi connectivity index (χ0v) is 22.6. The van der Waals surface area contributed by atoms with Crippen LogP contribution in [0.5, 0.6) is 40.2 Å². The van der Waals surface area contributed by atoms with E-state index in [1.807, 2.05) is 0 Å². The molecule has 0 saturated carbocycles. The predicted octanol–water partition coefficient (Wildman–Crippen LogP) is 5.05. The number of phenols is 5. The van der Waals surface area contributed by atoms with Crippen LogP contribution in [0.2, 0.25) is 0 Å². The van der Waals surface area contributed by atoms with E-state index in [0.717, 1.165) is 12.1 Å². The average Bonchev–Trinajstić information content (AvgIpc) is 2.97. The molecule has 0 spiro atoms. The number of aromatic hydroxyl groups is 7. The van der Waals surface area contributed by atoms with Gasteiger partial charge < -0.3 is 44.6 Å².